The van der Waals surface area contributed by atoms with E-state index in [0.29, 0.717) is 43.2 Å². The van der Waals surface area contributed by atoms with Crippen LogP contribution in [0.1, 0.15) is 41.8 Å². The molecule has 1 N–H and O–H groups in total. The van der Waals surface area contributed by atoms with Gasteiger partial charge in [-0.1, -0.05) is 0 Å². The minimum Gasteiger partial charge on any atom is -0.466 e. The standard InChI is InChI=1S/C21H26N6O3/c1-13(2)27-19-16(11-23-27)10-17(12-22-19)24-21(29)26-7-5-25(6-8-26)20(28)18-9-14(3)30-15(18)4/h9-13H,5-8H2,1-4H3,(H,24,29). The van der Waals surface area contributed by atoms with Gasteiger partial charge in [-0.3, -0.25) is 4.79 Å². The Morgan fingerprint density at radius 1 is 1.07 bits per heavy atom. The van der Waals surface area contributed by atoms with Gasteiger partial charge in [0.05, 0.1) is 23.6 Å². The van der Waals surface area contributed by atoms with Gasteiger partial charge in [0.1, 0.15) is 11.5 Å². The number of hydrogen-bond donors (Lipinski definition) is 1. The van der Waals surface area contributed by atoms with Crippen LogP contribution in [0.4, 0.5) is 10.5 Å². The SMILES string of the molecule is Cc1cc(C(=O)N2CCN(C(=O)Nc3cnc4c(cnn4C(C)C)c3)CC2)c(C)o1. The van der Waals surface area contributed by atoms with Crippen LogP contribution in [0.2, 0.25) is 0 Å². The number of aryl methyl sites for hydroxylation is 2. The normalized spacial score (nSPS) is 14.6. The largest absolute Gasteiger partial charge is 0.466 e. The van der Waals surface area contributed by atoms with E-state index in [2.05, 4.69) is 15.4 Å². The topological polar surface area (TPSA) is 96.5 Å². The molecule has 0 unspecified atom stereocenters. The monoisotopic (exact) mass is 410 g/mol. The fourth-order valence-corrected chi connectivity index (χ4v) is 3.71. The summed E-state index contributed by atoms with van der Waals surface area (Å²) >= 11 is 0. The summed E-state index contributed by atoms with van der Waals surface area (Å²) in [5.41, 5.74) is 2.01. The molecule has 4 heterocycles. The van der Waals surface area contributed by atoms with Gasteiger partial charge in [-0.15, -0.1) is 0 Å². The Bertz CT molecular complexity index is 1090. The predicted molar refractivity (Wildman–Crippen MR) is 113 cm³/mol. The Labute approximate surface area is 174 Å². The number of hydrogen-bond acceptors (Lipinski definition) is 5. The average Bonchev–Trinajstić information content (AvgIpc) is 3.29. The van der Waals surface area contributed by atoms with E-state index < -0.39 is 0 Å². The van der Waals surface area contributed by atoms with Crippen LogP contribution in [0.15, 0.2) is 28.9 Å². The van der Waals surface area contributed by atoms with Gasteiger partial charge in [0.25, 0.3) is 5.91 Å². The molecular weight excluding hydrogens is 384 g/mol. The molecule has 30 heavy (non-hydrogen) atoms. The number of anilines is 1. The molecule has 0 bridgehead atoms. The third-order valence-electron chi connectivity index (χ3n) is 5.30. The summed E-state index contributed by atoms with van der Waals surface area (Å²) in [6.07, 6.45) is 3.40. The Hall–Kier alpha value is -3.36. The van der Waals surface area contributed by atoms with E-state index in [0.717, 1.165) is 16.8 Å². The van der Waals surface area contributed by atoms with Gasteiger partial charge in [-0.25, -0.2) is 14.5 Å². The zero-order valence-electron chi connectivity index (χ0n) is 17.7. The Kier molecular flexibility index (Phi) is 5.19. The van der Waals surface area contributed by atoms with E-state index >= 15 is 0 Å². The average molecular weight is 410 g/mol. The molecule has 9 heteroatoms. The number of fused-ring (bicyclic) bond motifs is 1. The number of nitrogens with zero attached hydrogens (tertiary/aromatic N) is 5. The smallest absolute Gasteiger partial charge is 0.322 e. The fourth-order valence-electron chi connectivity index (χ4n) is 3.71. The fraction of sp³-hybridized carbons (Fsp3) is 0.429. The van der Waals surface area contributed by atoms with Crippen molar-refractivity contribution in [2.45, 2.75) is 33.7 Å². The first-order chi connectivity index (χ1) is 14.3. The number of aromatic nitrogens is 3. The van der Waals surface area contributed by atoms with E-state index in [4.69, 9.17) is 4.42 Å². The quantitative estimate of drug-likeness (QED) is 0.715. The number of piperazine rings is 1. The number of furan rings is 1. The lowest BCUT2D eigenvalue weighted by molar-refractivity contribution is 0.0670. The highest BCUT2D eigenvalue weighted by atomic mass is 16.3. The van der Waals surface area contributed by atoms with Crippen LogP contribution in [-0.2, 0) is 0 Å². The van der Waals surface area contributed by atoms with Crippen molar-refractivity contribution >= 4 is 28.7 Å². The van der Waals surface area contributed by atoms with Gasteiger partial charge in [0.15, 0.2) is 5.65 Å². The Morgan fingerprint density at radius 3 is 2.40 bits per heavy atom. The van der Waals surface area contributed by atoms with Crippen LogP contribution < -0.4 is 5.32 Å². The van der Waals surface area contributed by atoms with Crippen molar-refractivity contribution in [1.29, 1.82) is 0 Å². The van der Waals surface area contributed by atoms with E-state index in [9.17, 15) is 9.59 Å². The number of rotatable bonds is 3. The lowest BCUT2D eigenvalue weighted by Crippen LogP contribution is -2.51. The van der Waals surface area contributed by atoms with Crippen molar-refractivity contribution < 1.29 is 14.0 Å². The molecule has 0 atom stereocenters. The van der Waals surface area contributed by atoms with Gasteiger partial charge in [0, 0.05) is 37.6 Å². The lowest BCUT2D eigenvalue weighted by atomic mass is 10.2. The third kappa shape index (κ3) is 3.74. The zero-order chi connectivity index (χ0) is 21.4. The molecule has 158 valence electrons. The van der Waals surface area contributed by atoms with E-state index in [1.165, 1.54) is 0 Å². The van der Waals surface area contributed by atoms with Crippen molar-refractivity contribution in [3.05, 3.63) is 41.6 Å². The first-order valence-corrected chi connectivity index (χ1v) is 10.1. The van der Waals surface area contributed by atoms with E-state index in [1.54, 1.807) is 35.2 Å². The van der Waals surface area contributed by atoms with Crippen LogP contribution >= 0.6 is 0 Å². The minimum absolute atomic E-state index is 0.0544. The summed E-state index contributed by atoms with van der Waals surface area (Å²) in [6, 6.07) is 3.65. The summed E-state index contributed by atoms with van der Waals surface area (Å²) in [6.45, 7) is 9.60. The number of carbonyl (C=O) groups excluding carboxylic acids is 2. The second kappa shape index (κ2) is 7.81. The maximum atomic E-state index is 12.7. The van der Waals surface area contributed by atoms with Crippen molar-refractivity contribution in [2.75, 3.05) is 31.5 Å². The molecule has 1 aliphatic rings. The molecule has 0 aromatic carbocycles. The van der Waals surface area contributed by atoms with E-state index in [-0.39, 0.29) is 18.0 Å². The molecule has 3 aromatic heterocycles. The molecular formula is C21H26N6O3. The van der Waals surface area contributed by atoms with Crippen molar-refractivity contribution in [1.82, 2.24) is 24.6 Å². The van der Waals surface area contributed by atoms with Crippen LogP contribution in [-0.4, -0.2) is 62.7 Å². The van der Waals surface area contributed by atoms with Gasteiger partial charge < -0.3 is 19.5 Å². The Balaban J connectivity index is 1.37. The maximum Gasteiger partial charge on any atom is 0.322 e. The lowest BCUT2D eigenvalue weighted by Gasteiger charge is -2.34. The summed E-state index contributed by atoms with van der Waals surface area (Å²) in [5, 5.41) is 8.13. The highest BCUT2D eigenvalue weighted by Gasteiger charge is 2.27. The first kappa shape index (κ1) is 19.9. The second-order valence-corrected chi connectivity index (χ2v) is 7.86. The number of amides is 3. The highest BCUT2D eigenvalue weighted by molar-refractivity contribution is 5.96. The molecule has 9 nitrogen and oxygen atoms in total. The molecule has 1 fully saturated rings. The zero-order valence-corrected chi connectivity index (χ0v) is 17.7. The van der Waals surface area contributed by atoms with Gasteiger partial charge in [-0.2, -0.15) is 5.10 Å². The molecule has 0 spiro atoms. The molecule has 0 radical (unpaired) electrons. The minimum atomic E-state index is -0.199. The van der Waals surface area contributed by atoms with E-state index in [1.807, 2.05) is 31.5 Å². The van der Waals surface area contributed by atoms with Crippen LogP contribution in [0.25, 0.3) is 11.0 Å². The van der Waals surface area contributed by atoms with Crippen molar-refractivity contribution in [2.24, 2.45) is 0 Å². The summed E-state index contributed by atoms with van der Waals surface area (Å²) < 4.78 is 7.31. The van der Waals surface area contributed by atoms with Crippen LogP contribution in [0, 0.1) is 13.8 Å². The molecule has 0 aliphatic carbocycles. The van der Waals surface area contributed by atoms with Crippen LogP contribution in [0.3, 0.4) is 0 Å². The van der Waals surface area contributed by atoms with Gasteiger partial charge in [-0.05, 0) is 39.8 Å². The first-order valence-electron chi connectivity index (χ1n) is 10.1. The van der Waals surface area contributed by atoms with Crippen LogP contribution in [0.5, 0.6) is 0 Å². The second-order valence-electron chi connectivity index (χ2n) is 7.86. The number of pyridine rings is 1. The summed E-state index contributed by atoms with van der Waals surface area (Å²) in [5.74, 6) is 1.29. The summed E-state index contributed by atoms with van der Waals surface area (Å²) in [7, 11) is 0. The summed E-state index contributed by atoms with van der Waals surface area (Å²) in [4.78, 5) is 33.3. The van der Waals surface area contributed by atoms with Crippen molar-refractivity contribution in [3.8, 4) is 0 Å². The Morgan fingerprint density at radius 2 is 1.77 bits per heavy atom. The van der Waals surface area contributed by atoms with Gasteiger partial charge >= 0.3 is 6.03 Å². The molecule has 1 aliphatic heterocycles. The highest BCUT2D eigenvalue weighted by Crippen LogP contribution is 2.20. The molecule has 1 saturated heterocycles. The number of urea groups is 1. The van der Waals surface area contributed by atoms with Crippen molar-refractivity contribution in [3.63, 3.8) is 0 Å². The predicted octanol–water partition coefficient (Wildman–Crippen LogP) is 3.21. The van der Waals surface area contributed by atoms with Gasteiger partial charge in [0.2, 0.25) is 0 Å². The maximum absolute atomic E-state index is 12.7. The number of carbonyl (C=O) groups is 2. The molecule has 3 aromatic rings. The molecule has 0 saturated carbocycles. The molecule has 3 amide bonds. The number of nitrogens with one attached hydrogen (secondary N) is 1. The third-order valence-corrected chi connectivity index (χ3v) is 5.30. The molecule has 4 rings (SSSR count).